The maximum atomic E-state index is 11.6. The van der Waals surface area contributed by atoms with Crippen LogP contribution in [0.25, 0.3) is 0 Å². The molecule has 0 radical (unpaired) electrons. The van der Waals surface area contributed by atoms with Gasteiger partial charge in [0.2, 0.25) is 11.9 Å². The van der Waals surface area contributed by atoms with Crippen LogP contribution < -0.4 is 5.32 Å². The van der Waals surface area contributed by atoms with Crippen molar-refractivity contribution in [3.63, 3.8) is 0 Å². The summed E-state index contributed by atoms with van der Waals surface area (Å²) in [5, 5.41) is 7.52. The van der Waals surface area contributed by atoms with E-state index in [4.69, 9.17) is 4.74 Å². The van der Waals surface area contributed by atoms with Gasteiger partial charge in [0.1, 0.15) is 12.9 Å². The molecule has 0 aliphatic carbocycles. The third kappa shape index (κ3) is 3.93. The molecule has 7 nitrogen and oxygen atoms in total. The molecule has 1 aromatic rings. The molecule has 1 aromatic heterocycles. The van der Waals surface area contributed by atoms with Crippen LogP contribution in [-0.4, -0.2) is 59.4 Å². The number of carbonyl (C=O) groups is 1. The minimum Gasteiger partial charge on any atom is -0.381 e. The number of anilines is 1. The fourth-order valence-corrected chi connectivity index (χ4v) is 2.07. The lowest BCUT2D eigenvalue weighted by molar-refractivity contribution is -0.129. The zero-order valence-corrected chi connectivity index (χ0v) is 12.4. The number of nitrogens with zero attached hydrogens (tertiary/aromatic N) is 4. The lowest BCUT2D eigenvalue weighted by atomic mass is 9.82. The molecule has 20 heavy (non-hydrogen) atoms. The summed E-state index contributed by atoms with van der Waals surface area (Å²) in [6.45, 7) is 4.92. The van der Waals surface area contributed by atoms with Gasteiger partial charge in [-0.15, -0.1) is 5.10 Å². The molecule has 0 unspecified atom stereocenters. The Labute approximate surface area is 119 Å². The first-order chi connectivity index (χ1) is 9.48. The highest BCUT2D eigenvalue weighted by molar-refractivity contribution is 5.75. The summed E-state index contributed by atoms with van der Waals surface area (Å²) in [5.41, 5.74) is 0.225. The Bertz CT molecular complexity index is 451. The number of aromatic nitrogens is 3. The summed E-state index contributed by atoms with van der Waals surface area (Å²) in [5.74, 6) is 0.571. The highest BCUT2D eigenvalue weighted by Gasteiger charge is 2.27. The molecular formula is C13H23N5O2. The van der Waals surface area contributed by atoms with Gasteiger partial charge in [0.15, 0.2) is 0 Å². The van der Waals surface area contributed by atoms with E-state index in [1.54, 1.807) is 25.1 Å². The third-order valence-electron chi connectivity index (χ3n) is 3.71. The van der Waals surface area contributed by atoms with E-state index in [9.17, 15) is 4.79 Å². The van der Waals surface area contributed by atoms with Gasteiger partial charge in [0.25, 0.3) is 0 Å². The molecule has 1 aliphatic rings. The smallest absolute Gasteiger partial charge is 0.243 e. The molecule has 0 atom stereocenters. The molecule has 1 amide bonds. The van der Waals surface area contributed by atoms with Crippen LogP contribution in [-0.2, 0) is 16.1 Å². The first kappa shape index (κ1) is 14.8. The van der Waals surface area contributed by atoms with Gasteiger partial charge in [0, 0.05) is 33.9 Å². The van der Waals surface area contributed by atoms with E-state index in [0.29, 0.717) is 5.95 Å². The van der Waals surface area contributed by atoms with Crippen LogP contribution >= 0.6 is 0 Å². The molecule has 0 spiro atoms. The number of hydrogen-bond donors (Lipinski definition) is 1. The zero-order valence-electron chi connectivity index (χ0n) is 12.4. The standard InChI is InChI=1S/C13H23N5O2/c1-13(4-6-20-7-5-13)9-14-12-15-10-18(16-12)8-11(19)17(2)3/h10H,4-9H2,1-3H3,(H,14,16). The summed E-state index contributed by atoms with van der Waals surface area (Å²) < 4.78 is 6.93. The average Bonchev–Trinajstić information content (AvgIpc) is 2.85. The molecule has 2 heterocycles. The molecular weight excluding hydrogens is 258 g/mol. The Morgan fingerprint density at radius 1 is 1.50 bits per heavy atom. The maximum absolute atomic E-state index is 11.6. The van der Waals surface area contributed by atoms with Crippen LogP contribution in [0.1, 0.15) is 19.8 Å². The molecule has 1 aliphatic heterocycles. The van der Waals surface area contributed by atoms with Gasteiger partial charge in [-0.1, -0.05) is 6.92 Å². The van der Waals surface area contributed by atoms with Gasteiger partial charge in [-0.3, -0.25) is 4.79 Å². The second kappa shape index (κ2) is 6.21. The Kier molecular flexibility index (Phi) is 4.59. The highest BCUT2D eigenvalue weighted by atomic mass is 16.5. The normalized spacial score (nSPS) is 17.8. The first-order valence-corrected chi connectivity index (χ1v) is 6.90. The molecule has 0 bridgehead atoms. The zero-order chi connectivity index (χ0) is 14.6. The van der Waals surface area contributed by atoms with Crippen LogP contribution in [0.2, 0.25) is 0 Å². The Morgan fingerprint density at radius 2 is 2.20 bits per heavy atom. The van der Waals surface area contributed by atoms with Crippen molar-refractivity contribution in [1.29, 1.82) is 0 Å². The quantitative estimate of drug-likeness (QED) is 0.855. The molecule has 1 fully saturated rings. The van der Waals surface area contributed by atoms with E-state index in [-0.39, 0.29) is 17.9 Å². The van der Waals surface area contributed by atoms with E-state index < -0.39 is 0 Å². The fraction of sp³-hybridized carbons (Fsp3) is 0.769. The highest BCUT2D eigenvalue weighted by Crippen LogP contribution is 2.29. The molecule has 0 saturated carbocycles. The summed E-state index contributed by atoms with van der Waals surface area (Å²) in [6, 6.07) is 0. The lowest BCUT2D eigenvalue weighted by Crippen LogP contribution is -2.33. The predicted molar refractivity (Wildman–Crippen MR) is 75.4 cm³/mol. The number of ether oxygens (including phenoxy) is 1. The van der Waals surface area contributed by atoms with E-state index in [1.165, 1.54) is 4.90 Å². The first-order valence-electron chi connectivity index (χ1n) is 6.90. The monoisotopic (exact) mass is 281 g/mol. The summed E-state index contributed by atoms with van der Waals surface area (Å²) in [6.07, 6.45) is 3.66. The van der Waals surface area contributed by atoms with E-state index in [2.05, 4.69) is 22.3 Å². The van der Waals surface area contributed by atoms with Crippen LogP contribution in [0, 0.1) is 5.41 Å². The van der Waals surface area contributed by atoms with E-state index >= 15 is 0 Å². The third-order valence-corrected chi connectivity index (χ3v) is 3.71. The molecule has 1 N–H and O–H groups in total. The summed E-state index contributed by atoms with van der Waals surface area (Å²) in [4.78, 5) is 17.3. The van der Waals surface area contributed by atoms with Crippen molar-refractivity contribution in [2.24, 2.45) is 5.41 Å². The Hall–Kier alpha value is -1.63. The molecule has 7 heteroatoms. The van der Waals surface area contributed by atoms with Gasteiger partial charge < -0.3 is 15.0 Å². The van der Waals surface area contributed by atoms with Crippen molar-refractivity contribution in [1.82, 2.24) is 19.7 Å². The number of carbonyl (C=O) groups excluding carboxylic acids is 1. The van der Waals surface area contributed by atoms with Gasteiger partial charge >= 0.3 is 0 Å². The Morgan fingerprint density at radius 3 is 2.85 bits per heavy atom. The number of nitrogens with one attached hydrogen (secondary N) is 1. The molecule has 1 saturated heterocycles. The van der Waals surface area contributed by atoms with Gasteiger partial charge in [-0.25, -0.2) is 9.67 Å². The number of rotatable bonds is 5. The van der Waals surface area contributed by atoms with E-state index in [0.717, 1.165) is 32.6 Å². The van der Waals surface area contributed by atoms with E-state index in [1.807, 2.05) is 0 Å². The molecule has 112 valence electrons. The van der Waals surface area contributed by atoms with Crippen molar-refractivity contribution < 1.29 is 9.53 Å². The SMILES string of the molecule is CN(C)C(=O)Cn1cnc(NCC2(C)CCOCC2)n1. The van der Waals surface area contributed by atoms with Crippen LogP contribution in [0.15, 0.2) is 6.33 Å². The van der Waals surface area contributed by atoms with Gasteiger partial charge in [-0.2, -0.15) is 0 Å². The fourth-order valence-electron chi connectivity index (χ4n) is 2.07. The predicted octanol–water partition coefficient (Wildman–Crippen LogP) is 0.595. The number of likely N-dealkylation sites (N-methyl/N-ethyl adjacent to an activating group) is 1. The van der Waals surface area contributed by atoms with Gasteiger partial charge in [0.05, 0.1) is 0 Å². The van der Waals surface area contributed by atoms with Crippen molar-refractivity contribution in [2.45, 2.75) is 26.3 Å². The van der Waals surface area contributed by atoms with Crippen LogP contribution in [0.3, 0.4) is 0 Å². The average molecular weight is 281 g/mol. The lowest BCUT2D eigenvalue weighted by Gasteiger charge is -2.33. The van der Waals surface area contributed by atoms with Crippen molar-refractivity contribution in [2.75, 3.05) is 39.2 Å². The number of hydrogen-bond acceptors (Lipinski definition) is 5. The van der Waals surface area contributed by atoms with Crippen LogP contribution in [0.5, 0.6) is 0 Å². The summed E-state index contributed by atoms with van der Waals surface area (Å²) >= 11 is 0. The minimum absolute atomic E-state index is 0.00200. The molecule has 0 aromatic carbocycles. The summed E-state index contributed by atoms with van der Waals surface area (Å²) in [7, 11) is 3.45. The second-order valence-corrected chi connectivity index (χ2v) is 5.83. The second-order valence-electron chi connectivity index (χ2n) is 5.83. The Balaban J connectivity index is 1.85. The molecule has 2 rings (SSSR count). The number of amides is 1. The van der Waals surface area contributed by atoms with Gasteiger partial charge in [-0.05, 0) is 18.3 Å². The van der Waals surface area contributed by atoms with Crippen molar-refractivity contribution >= 4 is 11.9 Å². The minimum atomic E-state index is -0.00200. The van der Waals surface area contributed by atoms with Crippen molar-refractivity contribution in [3.8, 4) is 0 Å². The topological polar surface area (TPSA) is 72.3 Å². The largest absolute Gasteiger partial charge is 0.381 e. The maximum Gasteiger partial charge on any atom is 0.243 e. The van der Waals surface area contributed by atoms with Crippen LogP contribution in [0.4, 0.5) is 5.95 Å². The van der Waals surface area contributed by atoms with Crippen molar-refractivity contribution in [3.05, 3.63) is 6.33 Å².